The summed E-state index contributed by atoms with van der Waals surface area (Å²) in [7, 11) is 0. The predicted molar refractivity (Wildman–Crippen MR) is 81.4 cm³/mol. The molecule has 0 saturated heterocycles. The normalized spacial score (nSPS) is 18.7. The molecule has 1 saturated carbocycles. The van der Waals surface area contributed by atoms with Crippen LogP contribution in [0.1, 0.15) is 37.9 Å². The van der Waals surface area contributed by atoms with Gasteiger partial charge in [0, 0.05) is 17.2 Å². The topological polar surface area (TPSA) is 30.7 Å². The van der Waals surface area contributed by atoms with Crippen LogP contribution < -0.4 is 0 Å². The van der Waals surface area contributed by atoms with Crippen LogP contribution in [-0.4, -0.2) is 14.5 Å². The summed E-state index contributed by atoms with van der Waals surface area (Å²) < 4.78 is 3.15. The van der Waals surface area contributed by atoms with Crippen molar-refractivity contribution in [2.75, 3.05) is 0 Å². The lowest BCUT2D eigenvalue weighted by Crippen LogP contribution is -2.13. The van der Waals surface area contributed by atoms with Gasteiger partial charge in [-0.05, 0) is 53.6 Å². The third-order valence-corrected chi connectivity index (χ3v) is 4.46. The van der Waals surface area contributed by atoms with Crippen molar-refractivity contribution in [3.05, 3.63) is 22.6 Å². The first kappa shape index (κ1) is 13.4. The second-order valence-electron chi connectivity index (χ2n) is 5.51. The Morgan fingerprint density at radius 3 is 2.84 bits per heavy atom. The number of alkyl halides is 1. The standard InChI is InChI=1S/C14H17BrClN3/c1-8(10-3-4-10)7-19-13(9(2)16)18-12-5-11(15)6-17-14(12)19/h5-6,8-10H,3-4,7H2,1-2H3. The molecule has 2 heterocycles. The van der Waals surface area contributed by atoms with Crippen LogP contribution in [0.2, 0.25) is 0 Å². The first-order valence-electron chi connectivity index (χ1n) is 6.72. The number of fused-ring (bicyclic) bond motifs is 1. The van der Waals surface area contributed by atoms with E-state index < -0.39 is 0 Å². The van der Waals surface area contributed by atoms with Crippen molar-refractivity contribution < 1.29 is 0 Å². The molecule has 5 heteroatoms. The molecule has 0 bridgehead atoms. The molecule has 0 aromatic carbocycles. The monoisotopic (exact) mass is 341 g/mol. The summed E-state index contributed by atoms with van der Waals surface area (Å²) in [5.74, 6) is 2.46. The second-order valence-corrected chi connectivity index (χ2v) is 7.08. The summed E-state index contributed by atoms with van der Waals surface area (Å²) in [6.07, 6.45) is 4.54. The fourth-order valence-electron chi connectivity index (χ4n) is 2.59. The number of halogens is 2. The van der Waals surface area contributed by atoms with Gasteiger partial charge in [0.15, 0.2) is 5.65 Å². The molecule has 0 radical (unpaired) electrons. The highest BCUT2D eigenvalue weighted by Crippen LogP contribution is 2.38. The largest absolute Gasteiger partial charge is 0.311 e. The van der Waals surface area contributed by atoms with Crippen LogP contribution in [0.25, 0.3) is 11.2 Å². The van der Waals surface area contributed by atoms with Crippen molar-refractivity contribution in [1.82, 2.24) is 14.5 Å². The molecule has 0 spiro atoms. The van der Waals surface area contributed by atoms with Gasteiger partial charge in [-0.25, -0.2) is 9.97 Å². The van der Waals surface area contributed by atoms with Gasteiger partial charge in [0.05, 0.1) is 5.38 Å². The van der Waals surface area contributed by atoms with Crippen LogP contribution in [0.4, 0.5) is 0 Å². The highest BCUT2D eigenvalue weighted by Gasteiger charge is 2.29. The van der Waals surface area contributed by atoms with Crippen LogP contribution in [0.5, 0.6) is 0 Å². The average Bonchev–Trinajstić information content (AvgIpc) is 3.13. The van der Waals surface area contributed by atoms with Crippen molar-refractivity contribution in [2.24, 2.45) is 11.8 Å². The quantitative estimate of drug-likeness (QED) is 0.764. The molecule has 1 aliphatic rings. The molecule has 19 heavy (non-hydrogen) atoms. The number of aromatic nitrogens is 3. The Kier molecular flexibility index (Phi) is 3.56. The maximum Gasteiger partial charge on any atom is 0.160 e. The Hall–Kier alpha value is -0.610. The SMILES string of the molecule is CC(Cl)c1nc2cc(Br)cnc2n1CC(C)C1CC1. The molecule has 2 unspecified atom stereocenters. The third-order valence-electron chi connectivity index (χ3n) is 3.83. The highest BCUT2D eigenvalue weighted by molar-refractivity contribution is 9.10. The van der Waals surface area contributed by atoms with E-state index in [-0.39, 0.29) is 5.38 Å². The van der Waals surface area contributed by atoms with Gasteiger partial charge in [-0.3, -0.25) is 0 Å². The summed E-state index contributed by atoms with van der Waals surface area (Å²) in [6.45, 7) is 5.24. The number of hydrogen-bond acceptors (Lipinski definition) is 2. The molecule has 3 nitrogen and oxygen atoms in total. The summed E-state index contributed by atoms with van der Waals surface area (Å²) in [5.41, 5.74) is 1.86. The minimum atomic E-state index is -0.0978. The number of hydrogen-bond donors (Lipinski definition) is 0. The zero-order valence-electron chi connectivity index (χ0n) is 11.1. The van der Waals surface area contributed by atoms with E-state index in [0.29, 0.717) is 5.92 Å². The molecule has 0 amide bonds. The summed E-state index contributed by atoms with van der Waals surface area (Å²) >= 11 is 9.72. The van der Waals surface area contributed by atoms with Crippen LogP contribution in [0.15, 0.2) is 16.7 Å². The Labute approximate surface area is 126 Å². The van der Waals surface area contributed by atoms with E-state index in [9.17, 15) is 0 Å². The number of rotatable bonds is 4. The van der Waals surface area contributed by atoms with E-state index in [1.54, 1.807) is 0 Å². The van der Waals surface area contributed by atoms with Crippen molar-refractivity contribution in [3.63, 3.8) is 0 Å². The van der Waals surface area contributed by atoms with E-state index in [1.165, 1.54) is 12.8 Å². The molecule has 2 aromatic rings. The molecular formula is C14H17BrClN3. The van der Waals surface area contributed by atoms with E-state index in [2.05, 4.69) is 37.4 Å². The Morgan fingerprint density at radius 1 is 1.47 bits per heavy atom. The van der Waals surface area contributed by atoms with Crippen LogP contribution in [0, 0.1) is 11.8 Å². The Balaban J connectivity index is 2.05. The van der Waals surface area contributed by atoms with E-state index >= 15 is 0 Å². The zero-order chi connectivity index (χ0) is 13.6. The minimum absolute atomic E-state index is 0.0978. The molecule has 1 fully saturated rings. The van der Waals surface area contributed by atoms with Crippen LogP contribution in [-0.2, 0) is 6.54 Å². The molecule has 0 aliphatic heterocycles. The fourth-order valence-corrected chi connectivity index (χ4v) is 3.08. The lowest BCUT2D eigenvalue weighted by Gasteiger charge is -2.15. The van der Waals surface area contributed by atoms with Crippen LogP contribution >= 0.6 is 27.5 Å². The molecule has 2 atom stereocenters. The molecule has 102 valence electrons. The molecule has 3 rings (SSSR count). The first-order valence-corrected chi connectivity index (χ1v) is 7.95. The van der Waals surface area contributed by atoms with Gasteiger partial charge in [-0.2, -0.15) is 0 Å². The summed E-state index contributed by atoms with van der Waals surface area (Å²) in [4.78, 5) is 9.16. The predicted octanol–water partition coefficient (Wildman–Crippen LogP) is 4.54. The van der Waals surface area contributed by atoms with Gasteiger partial charge < -0.3 is 4.57 Å². The first-order chi connectivity index (χ1) is 9.06. The number of pyridine rings is 1. The van der Waals surface area contributed by atoms with Gasteiger partial charge in [0.1, 0.15) is 11.3 Å². The molecule has 2 aromatic heterocycles. The zero-order valence-corrected chi connectivity index (χ0v) is 13.4. The van der Waals surface area contributed by atoms with Gasteiger partial charge in [0.25, 0.3) is 0 Å². The minimum Gasteiger partial charge on any atom is -0.311 e. The number of nitrogens with zero attached hydrogens (tertiary/aromatic N) is 3. The molecular weight excluding hydrogens is 326 g/mol. The van der Waals surface area contributed by atoms with Crippen molar-refractivity contribution in [3.8, 4) is 0 Å². The van der Waals surface area contributed by atoms with E-state index in [1.807, 2.05) is 19.2 Å². The lowest BCUT2D eigenvalue weighted by molar-refractivity contribution is 0.427. The fraction of sp³-hybridized carbons (Fsp3) is 0.571. The summed E-state index contributed by atoms with van der Waals surface area (Å²) in [5, 5.41) is -0.0978. The molecule has 1 aliphatic carbocycles. The third kappa shape index (κ3) is 2.65. The van der Waals surface area contributed by atoms with Gasteiger partial charge in [0.2, 0.25) is 0 Å². The van der Waals surface area contributed by atoms with E-state index in [4.69, 9.17) is 11.6 Å². The molecule has 0 N–H and O–H groups in total. The van der Waals surface area contributed by atoms with Crippen molar-refractivity contribution >= 4 is 38.7 Å². The van der Waals surface area contributed by atoms with Crippen molar-refractivity contribution in [1.29, 1.82) is 0 Å². The second kappa shape index (κ2) is 5.06. The lowest BCUT2D eigenvalue weighted by atomic mass is 10.1. The smallest absolute Gasteiger partial charge is 0.160 e. The maximum absolute atomic E-state index is 6.28. The summed E-state index contributed by atoms with van der Waals surface area (Å²) in [6, 6.07) is 2.00. The van der Waals surface area contributed by atoms with Gasteiger partial charge >= 0.3 is 0 Å². The van der Waals surface area contributed by atoms with Gasteiger partial charge in [-0.15, -0.1) is 11.6 Å². The highest BCUT2D eigenvalue weighted by atomic mass is 79.9. The number of imidazole rings is 1. The van der Waals surface area contributed by atoms with E-state index in [0.717, 1.165) is 33.9 Å². The van der Waals surface area contributed by atoms with Gasteiger partial charge in [-0.1, -0.05) is 6.92 Å². The Morgan fingerprint density at radius 2 is 2.21 bits per heavy atom. The van der Waals surface area contributed by atoms with Crippen LogP contribution in [0.3, 0.4) is 0 Å². The maximum atomic E-state index is 6.28. The van der Waals surface area contributed by atoms with Crippen molar-refractivity contribution in [2.45, 2.75) is 38.6 Å². The Bertz CT molecular complexity index is 604. The average molecular weight is 343 g/mol.